The maximum absolute atomic E-state index is 13.0. The van der Waals surface area contributed by atoms with E-state index in [1.54, 1.807) is 49.6 Å². The summed E-state index contributed by atoms with van der Waals surface area (Å²) in [5, 5.41) is -0.374. The Bertz CT molecular complexity index is 1220. The third-order valence-corrected chi connectivity index (χ3v) is 5.99. The summed E-state index contributed by atoms with van der Waals surface area (Å²) in [6.07, 6.45) is 1.67. The lowest BCUT2D eigenvalue weighted by molar-refractivity contribution is -0.113. The van der Waals surface area contributed by atoms with E-state index >= 15 is 0 Å². The molecule has 3 aromatic carbocycles. The van der Waals surface area contributed by atoms with Crippen molar-refractivity contribution in [1.29, 1.82) is 0 Å². The molecule has 3 aromatic rings. The van der Waals surface area contributed by atoms with Gasteiger partial charge in [0.15, 0.2) is 11.5 Å². The molecule has 0 aliphatic carbocycles. The first-order valence-corrected chi connectivity index (χ1v) is 11.1. The van der Waals surface area contributed by atoms with Crippen LogP contribution in [-0.2, 0) is 11.4 Å². The molecule has 1 aliphatic heterocycles. The largest absolute Gasteiger partial charge is 0.495 e. The summed E-state index contributed by atoms with van der Waals surface area (Å²) in [6.45, 7) is 2.45. The van der Waals surface area contributed by atoms with Crippen LogP contribution in [0.1, 0.15) is 16.7 Å². The Labute approximate surface area is 196 Å². The number of rotatable bonds is 7. The lowest BCUT2D eigenvalue weighted by atomic mass is 10.1. The number of carbonyl (C=O) groups is 2. The van der Waals surface area contributed by atoms with Crippen molar-refractivity contribution in [1.82, 2.24) is 0 Å². The fourth-order valence-corrected chi connectivity index (χ4v) is 4.21. The van der Waals surface area contributed by atoms with E-state index in [9.17, 15) is 9.59 Å². The summed E-state index contributed by atoms with van der Waals surface area (Å²) < 4.78 is 16.7. The molecule has 1 fully saturated rings. The van der Waals surface area contributed by atoms with Gasteiger partial charge in [-0.1, -0.05) is 48.0 Å². The molecular weight excluding hydrogens is 438 g/mol. The standard InChI is InChI=1S/C26H23NO5S/c1-17-8-10-18(11-9-17)16-32-22-13-12-19(14-23(22)31-3)15-24-25(28)27(26(29)33-24)20-6-4-5-7-21(20)30-2/h4-15H,16H2,1-3H3/b24-15-. The van der Waals surface area contributed by atoms with Crippen molar-refractivity contribution in [3.8, 4) is 17.2 Å². The molecule has 0 bridgehead atoms. The monoisotopic (exact) mass is 461 g/mol. The average Bonchev–Trinajstić information content (AvgIpc) is 3.11. The molecule has 6 nitrogen and oxygen atoms in total. The third kappa shape index (κ3) is 4.88. The molecule has 0 spiro atoms. The number of ether oxygens (including phenoxy) is 3. The van der Waals surface area contributed by atoms with E-state index in [-0.39, 0.29) is 5.24 Å². The molecule has 1 heterocycles. The number of anilines is 1. The van der Waals surface area contributed by atoms with E-state index in [0.29, 0.717) is 34.4 Å². The Morgan fingerprint density at radius 2 is 1.61 bits per heavy atom. The molecule has 168 valence electrons. The van der Waals surface area contributed by atoms with Crippen molar-refractivity contribution in [2.24, 2.45) is 0 Å². The van der Waals surface area contributed by atoms with Crippen LogP contribution in [0.2, 0.25) is 0 Å². The van der Waals surface area contributed by atoms with Crippen molar-refractivity contribution in [2.45, 2.75) is 13.5 Å². The molecule has 1 saturated heterocycles. The highest BCUT2D eigenvalue weighted by atomic mass is 32.2. The lowest BCUT2D eigenvalue weighted by Gasteiger charge is -2.15. The van der Waals surface area contributed by atoms with Crippen LogP contribution in [0, 0.1) is 6.92 Å². The Balaban J connectivity index is 1.54. The molecule has 1 aliphatic rings. The minimum absolute atomic E-state index is 0.321. The predicted octanol–water partition coefficient (Wildman–Crippen LogP) is 5.83. The van der Waals surface area contributed by atoms with Gasteiger partial charge in [0, 0.05) is 0 Å². The molecule has 0 atom stereocenters. The average molecular weight is 462 g/mol. The van der Waals surface area contributed by atoms with Crippen LogP contribution in [-0.4, -0.2) is 25.4 Å². The molecule has 0 unspecified atom stereocenters. The van der Waals surface area contributed by atoms with Crippen LogP contribution in [0.4, 0.5) is 10.5 Å². The van der Waals surface area contributed by atoms with Gasteiger partial charge in [-0.05, 0) is 60.2 Å². The fraction of sp³-hybridized carbons (Fsp3) is 0.154. The first-order valence-electron chi connectivity index (χ1n) is 10.3. The molecule has 4 rings (SSSR count). The Kier molecular flexibility index (Phi) is 6.70. The number of carbonyl (C=O) groups excluding carboxylic acids is 2. The number of amides is 2. The number of para-hydroxylation sites is 2. The smallest absolute Gasteiger partial charge is 0.298 e. The normalized spacial score (nSPS) is 14.6. The molecule has 0 radical (unpaired) electrons. The maximum atomic E-state index is 13.0. The van der Waals surface area contributed by atoms with Gasteiger partial charge in [-0.15, -0.1) is 0 Å². The van der Waals surface area contributed by atoms with E-state index in [1.807, 2.05) is 37.3 Å². The van der Waals surface area contributed by atoms with Crippen molar-refractivity contribution >= 4 is 34.7 Å². The Hall–Kier alpha value is -3.71. The minimum atomic E-state index is -0.395. The molecule has 0 N–H and O–H groups in total. The van der Waals surface area contributed by atoms with Gasteiger partial charge in [-0.2, -0.15) is 0 Å². The van der Waals surface area contributed by atoms with E-state index in [4.69, 9.17) is 14.2 Å². The fourth-order valence-electron chi connectivity index (χ4n) is 3.38. The van der Waals surface area contributed by atoms with Gasteiger partial charge < -0.3 is 14.2 Å². The van der Waals surface area contributed by atoms with Crippen molar-refractivity contribution in [3.05, 3.63) is 88.3 Å². The topological polar surface area (TPSA) is 65.1 Å². The number of benzene rings is 3. The number of thioether (sulfide) groups is 1. The second-order valence-electron chi connectivity index (χ2n) is 7.37. The van der Waals surface area contributed by atoms with Gasteiger partial charge in [-0.3, -0.25) is 9.59 Å². The van der Waals surface area contributed by atoms with Gasteiger partial charge >= 0.3 is 0 Å². The van der Waals surface area contributed by atoms with Crippen LogP contribution in [0.25, 0.3) is 6.08 Å². The summed E-state index contributed by atoms with van der Waals surface area (Å²) in [5.41, 5.74) is 3.39. The number of hydrogen-bond acceptors (Lipinski definition) is 6. The van der Waals surface area contributed by atoms with Crippen LogP contribution >= 0.6 is 11.8 Å². The predicted molar refractivity (Wildman–Crippen MR) is 130 cm³/mol. The lowest BCUT2D eigenvalue weighted by Crippen LogP contribution is -2.28. The SMILES string of the molecule is COc1cc(/C=C2\SC(=O)N(c3ccccc3OC)C2=O)ccc1OCc1ccc(C)cc1. The number of nitrogens with zero attached hydrogens (tertiary/aromatic N) is 1. The van der Waals surface area contributed by atoms with Crippen molar-refractivity contribution in [2.75, 3.05) is 19.1 Å². The molecule has 7 heteroatoms. The van der Waals surface area contributed by atoms with Gasteiger partial charge in [0.1, 0.15) is 12.4 Å². The summed E-state index contributed by atoms with van der Waals surface area (Å²) in [5.74, 6) is 1.20. The van der Waals surface area contributed by atoms with Crippen molar-refractivity contribution in [3.63, 3.8) is 0 Å². The number of hydrogen-bond donors (Lipinski definition) is 0. The Morgan fingerprint density at radius 1 is 0.879 bits per heavy atom. The van der Waals surface area contributed by atoms with E-state index < -0.39 is 5.91 Å². The van der Waals surface area contributed by atoms with Crippen LogP contribution in [0.5, 0.6) is 17.2 Å². The summed E-state index contributed by atoms with van der Waals surface area (Å²) >= 11 is 0.888. The van der Waals surface area contributed by atoms with E-state index in [1.165, 1.54) is 12.7 Å². The maximum Gasteiger partial charge on any atom is 0.298 e. The second-order valence-corrected chi connectivity index (χ2v) is 8.37. The second kappa shape index (κ2) is 9.83. The zero-order valence-electron chi connectivity index (χ0n) is 18.5. The van der Waals surface area contributed by atoms with Gasteiger partial charge in [0.05, 0.1) is 24.8 Å². The molecule has 0 aromatic heterocycles. The van der Waals surface area contributed by atoms with Crippen LogP contribution < -0.4 is 19.1 Å². The Morgan fingerprint density at radius 3 is 2.33 bits per heavy atom. The molecule has 33 heavy (non-hydrogen) atoms. The van der Waals surface area contributed by atoms with Gasteiger partial charge in [0.2, 0.25) is 0 Å². The van der Waals surface area contributed by atoms with Crippen molar-refractivity contribution < 1.29 is 23.8 Å². The van der Waals surface area contributed by atoms with Crippen LogP contribution in [0.3, 0.4) is 0 Å². The minimum Gasteiger partial charge on any atom is -0.495 e. The van der Waals surface area contributed by atoms with Gasteiger partial charge in [0.25, 0.3) is 11.1 Å². The zero-order valence-corrected chi connectivity index (χ0v) is 19.3. The highest BCUT2D eigenvalue weighted by molar-refractivity contribution is 8.19. The number of methoxy groups -OCH3 is 2. The number of aryl methyl sites for hydroxylation is 1. The summed E-state index contributed by atoms with van der Waals surface area (Å²) in [4.78, 5) is 27.0. The quantitative estimate of drug-likeness (QED) is 0.412. The number of imide groups is 1. The first kappa shape index (κ1) is 22.5. The molecular formula is C26H23NO5S. The van der Waals surface area contributed by atoms with E-state index in [2.05, 4.69) is 0 Å². The first-order chi connectivity index (χ1) is 16.0. The zero-order chi connectivity index (χ0) is 23.4. The van der Waals surface area contributed by atoms with Crippen LogP contribution in [0.15, 0.2) is 71.6 Å². The summed E-state index contributed by atoms with van der Waals surface area (Å²) in [7, 11) is 3.07. The highest BCUT2D eigenvalue weighted by Crippen LogP contribution is 2.40. The molecule has 0 saturated carbocycles. The van der Waals surface area contributed by atoms with E-state index in [0.717, 1.165) is 27.8 Å². The molecule has 2 amide bonds. The third-order valence-electron chi connectivity index (χ3n) is 5.12. The van der Waals surface area contributed by atoms with Gasteiger partial charge in [-0.25, -0.2) is 4.90 Å². The summed E-state index contributed by atoms with van der Waals surface area (Å²) in [6, 6.07) is 20.5. The highest BCUT2D eigenvalue weighted by Gasteiger charge is 2.37.